The van der Waals surface area contributed by atoms with E-state index in [0.717, 1.165) is 10.6 Å². The second kappa shape index (κ2) is 11.7. The van der Waals surface area contributed by atoms with E-state index < -0.39 is 28.4 Å². The summed E-state index contributed by atoms with van der Waals surface area (Å²) in [5.74, 6) is -0.0980. The maximum absolute atomic E-state index is 12.4. The van der Waals surface area contributed by atoms with Crippen LogP contribution >= 0.6 is 0 Å². The molecule has 0 unspecified atom stereocenters. The van der Waals surface area contributed by atoms with E-state index in [1.54, 1.807) is 30.3 Å². The number of anilines is 1. The molecule has 0 spiro atoms. The Balaban J connectivity index is 2.09. The maximum atomic E-state index is 12.4. The fraction of sp³-hybridized carbons (Fsp3) is 0.286. The van der Waals surface area contributed by atoms with Crippen molar-refractivity contribution < 1.29 is 37.0 Å². The molecular formula is C21H25N3O8S. The molecule has 33 heavy (non-hydrogen) atoms. The molecule has 178 valence electrons. The number of amides is 1. The Labute approximate surface area is 191 Å². The minimum atomic E-state index is -3.82. The molecule has 0 atom stereocenters. The monoisotopic (exact) mass is 479 g/mol. The summed E-state index contributed by atoms with van der Waals surface area (Å²) in [6.07, 6.45) is 2.33. The third-order valence-electron chi connectivity index (χ3n) is 4.19. The summed E-state index contributed by atoms with van der Waals surface area (Å²) in [4.78, 5) is 23.6. The normalized spacial score (nSPS) is 11.0. The van der Waals surface area contributed by atoms with Gasteiger partial charge in [0.1, 0.15) is 23.8 Å². The van der Waals surface area contributed by atoms with Crippen LogP contribution in [-0.4, -0.2) is 67.2 Å². The molecule has 0 radical (unpaired) electrons. The molecule has 0 saturated carbocycles. The number of nitrogens with zero attached hydrogens (tertiary/aromatic N) is 2. The number of benzene rings is 2. The van der Waals surface area contributed by atoms with E-state index in [1.165, 1.54) is 39.7 Å². The van der Waals surface area contributed by atoms with Crippen molar-refractivity contribution in [1.82, 2.24) is 5.43 Å². The number of hydrogen-bond donors (Lipinski definition) is 1. The van der Waals surface area contributed by atoms with Gasteiger partial charge in [-0.3, -0.25) is 9.10 Å². The Kier molecular flexibility index (Phi) is 9.04. The molecule has 1 amide bonds. The summed E-state index contributed by atoms with van der Waals surface area (Å²) in [5, 5.41) is 3.85. The minimum Gasteiger partial charge on any atom is -0.497 e. The van der Waals surface area contributed by atoms with Crippen molar-refractivity contribution in [2.75, 3.05) is 45.0 Å². The minimum absolute atomic E-state index is 0.176. The van der Waals surface area contributed by atoms with E-state index >= 15 is 0 Å². The Hall–Kier alpha value is -3.80. The van der Waals surface area contributed by atoms with E-state index in [1.807, 2.05) is 0 Å². The Morgan fingerprint density at radius 1 is 1.06 bits per heavy atom. The van der Waals surface area contributed by atoms with Crippen molar-refractivity contribution in [1.29, 1.82) is 0 Å². The largest absolute Gasteiger partial charge is 0.497 e. The zero-order chi connectivity index (χ0) is 24.4. The van der Waals surface area contributed by atoms with Crippen molar-refractivity contribution in [2.24, 2.45) is 5.10 Å². The number of rotatable bonds is 11. The number of carbonyl (C=O) groups is 2. The van der Waals surface area contributed by atoms with Crippen LogP contribution in [0.3, 0.4) is 0 Å². The van der Waals surface area contributed by atoms with Crippen molar-refractivity contribution in [3.05, 3.63) is 48.0 Å². The van der Waals surface area contributed by atoms with Gasteiger partial charge in [-0.1, -0.05) is 12.1 Å². The van der Waals surface area contributed by atoms with Crippen LogP contribution in [-0.2, 0) is 24.3 Å². The highest BCUT2D eigenvalue weighted by atomic mass is 32.2. The van der Waals surface area contributed by atoms with Gasteiger partial charge in [0, 0.05) is 6.07 Å². The van der Waals surface area contributed by atoms with Gasteiger partial charge in [-0.25, -0.2) is 18.6 Å². The average Bonchev–Trinajstić information content (AvgIpc) is 2.80. The first-order chi connectivity index (χ1) is 15.7. The third kappa shape index (κ3) is 7.68. The van der Waals surface area contributed by atoms with Crippen LogP contribution in [0.5, 0.6) is 17.2 Å². The number of carbonyl (C=O) groups excluding carboxylic acids is 2. The molecular weight excluding hydrogens is 454 g/mol. The van der Waals surface area contributed by atoms with Gasteiger partial charge in [0.15, 0.2) is 6.61 Å². The molecule has 0 aromatic heterocycles. The molecule has 1 N–H and O–H groups in total. The van der Waals surface area contributed by atoms with Crippen molar-refractivity contribution >= 4 is 33.8 Å². The highest BCUT2D eigenvalue weighted by Crippen LogP contribution is 2.33. The molecule has 12 heteroatoms. The smallest absolute Gasteiger partial charge is 0.343 e. The lowest BCUT2D eigenvalue weighted by atomic mass is 10.2. The highest BCUT2D eigenvalue weighted by Gasteiger charge is 2.24. The summed E-state index contributed by atoms with van der Waals surface area (Å²) in [6.45, 7) is -0.773. The van der Waals surface area contributed by atoms with Gasteiger partial charge in [-0.15, -0.1) is 0 Å². The number of methoxy groups -OCH3 is 3. The summed E-state index contributed by atoms with van der Waals surface area (Å²) in [7, 11) is 0.287. The molecule has 11 nitrogen and oxygen atoms in total. The molecule has 2 aromatic carbocycles. The van der Waals surface area contributed by atoms with Gasteiger partial charge in [-0.05, 0) is 29.8 Å². The maximum Gasteiger partial charge on any atom is 0.343 e. The van der Waals surface area contributed by atoms with Gasteiger partial charge < -0.3 is 18.9 Å². The molecule has 0 fully saturated rings. The SMILES string of the molecule is COC(=O)COc1cccc(/C=N\NC(=O)CN(c2ccc(OC)cc2OC)S(C)(=O)=O)c1. The van der Waals surface area contributed by atoms with Gasteiger partial charge in [-0.2, -0.15) is 5.10 Å². The van der Waals surface area contributed by atoms with Crippen LogP contribution in [0.15, 0.2) is 47.6 Å². The number of esters is 1. The first-order valence-corrected chi connectivity index (χ1v) is 11.3. The Morgan fingerprint density at radius 3 is 2.45 bits per heavy atom. The molecule has 0 aliphatic heterocycles. The van der Waals surface area contributed by atoms with Gasteiger partial charge in [0.25, 0.3) is 5.91 Å². The number of nitrogens with one attached hydrogen (secondary N) is 1. The van der Waals surface area contributed by atoms with Crippen molar-refractivity contribution in [3.63, 3.8) is 0 Å². The molecule has 0 bridgehead atoms. The molecule has 2 rings (SSSR count). The van der Waals surface area contributed by atoms with E-state index in [-0.39, 0.29) is 18.0 Å². The van der Waals surface area contributed by atoms with Crippen molar-refractivity contribution in [3.8, 4) is 17.2 Å². The van der Waals surface area contributed by atoms with Gasteiger partial charge in [0.2, 0.25) is 10.0 Å². The van der Waals surface area contributed by atoms with Crippen LogP contribution in [0, 0.1) is 0 Å². The average molecular weight is 480 g/mol. The van der Waals surface area contributed by atoms with E-state index in [9.17, 15) is 18.0 Å². The molecule has 0 aliphatic rings. The van der Waals surface area contributed by atoms with E-state index in [4.69, 9.17) is 14.2 Å². The first kappa shape index (κ1) is 25.5. The zero-order valence-corrected chi connectivity index (χ0v) is 19.4. The van der Waals surface area contributed by atoms with Crippen LogP contribution < -0.4 is 23.9 Å². The predicted octanol–water partition coefficient (Wildman–Crippen LogP) is 1.17. The fourth-order valence-electron chi connectivity index (χ4n) is 2.60. The van der Waals surface area contributed by atoms with E-state index in [0.29, 0.717) is 17.1 Å². The fourth-order valence-corrected chi connectivity index (χ4v) is 3.46. The number of sulfonamides is 1. The van der Waals surface area contributed by atoms with Crippen molar-refractivity contribution in [2.45, 2.75) is 0 Å². The summed E-state index contributed by atoms with van der Waals surface area (Å²) in [5.41, 5.74) is 3.04. The number of ether oxygens (including phenoxy) is 4. The lowest BCUT2D eigenvalue weighted by molar-refractivity contribution is -0.142. The lowest BCUT2D eigenvalue weighted by Crippen LogP contribution is -2.39. The van der Waals surface area contributed by atoms with E-state index in [2.05, 4.69) is 15.3 Å². The summed E-state index contributed by atoms with van der Waals surface area (Å²) >= 11 is 0. The van der Waals surface area contributed by atoms with Crippen LogP contribution in [0.4, 0.5) is 5.69 Å². The zero-order valence-electron chi connectivity index (χ0n) is 18.6. The molecule has 2 aromatic rings. The molecule has 0 saturated heterocycles. The van der Waals surface area contributed by atoms with Gasteiger partial charge in [0.05, 0.1) is 39.5 Å². The number of hydrogen-bond acceptors (Lipinski definition) is 9. The van der Waals surface area contributed by atoms with Gasteiger partial charge >= 0.3 is 5.97 Å². The summed E-state index contributed by atoms with van der Waals surface area (Å²) in [6, 6.07) is 11.2. The second-order valence-corrected chi connectivity index (χ2v) is 8.44. The van der Waals surface area contributed by atoms with Crippen LogP contribution in [0.2, 0.25) is 0 Å². The predicted molar refractivity (Wildman–Crippen MR) is 121 cm³/mol. The molecule has 0 aliphatic carbocycles. The standard InChI is InChI=1S/C21H25N3O8S/c1-29-16-8-9-18(19(11-16)30-2)24(33(4,27)28)13-20(25)23-22-12-15-6-5-7-17(10-15)32-14-21(26)31-3/h5-12H,13-14H2,1-4H3,(H,23,25)/b22-12-. The Morgan fingerprint density at radius 2 is 1.82 bits per heavy atom. The topological polar surface area (TPSA) is 133 Å². The van der Waals surface area contributed by atoms with Crippen LogP contribution in [0.1, 0.15) is 5.56 Å². The summed E-state index contributed by atoms with van der Waals surface area (Å²) < 4.78 is 45.7. The molecule has 0 heterocycles. The quantitative estimate of drug-likeness (QED) is 0.289. The third-order valence-corrected chi connectivity index (χ3v) is 5.31. The lowest BCUT2D eigenvalue weighted by Gasteiger charge is -2.23. The Bertz CT molecular complexity index is 1120. The number of hydrazone groups is 1. The first-order valence-electron chi connectivity index (χ1n) is 9.49. The highest BCUT2D eigenvalue weighted by molar-refractivity contribution is 7.92. The van der Waals surface area contributed by atoms with Crippen LogP contribution in [0.25, 0.3) is 0 Å². The second-order valence-electron chi connectivity index (χ2n) is 6.54.